The highest BCUT2D eigenvalue weighted by Gasteiger charge is 2.12. The van der Waals surface area contributed by atoms with Crippen molar-refractivity contribution in [3.05, 3.63) is 30.2 Å². The fourth-order valence-electron chi connectivity index (χ4n) is 1.36. The maximum atomic E-state index is 4.25. The minimum atomic E-state index is 0.518. The van der Waals surface area contributed by atoms with E-state index >= 15 is 0 Å². The number of rotatable bonds is 1. The molecule has 3 heteroatoms. The molecule has 2 rings (SSSR count). The zero-order valence-electron chi connectivity index (χ0n) is 7.28. The monoisotopic (exact) mass is 162 g/mol. The van der Waals surface area contributed by atoms with Crippen LogP contribution in [0.5, 0.6) is 0 Å². The van der Waals surface area contributed by atoms with E-state index in [1.54, 1.807) is 6.33 Å². The molecule has 0 aliphatic heterocycles. The summed E-state index contributed by atoms with van der Waals surface area (Å²) < 4.78 is 1.93. The molecular formula is C9H12N3+. The van der Waals surface area contributed by atoms with Crippen LogP contribution < -0.4 is 4.52 Å². The summed E-state index contributed by atoms with van der Waals surface area (Å²) in [6.45, 7) is 4.34. The lowest BCUT2D eigenvalue weighted by Gasteiger charge is -1.99. The number of fused-ring (bicyclic) bond motifs is 1. The molecule has 0 aliphatic carbocycles. The molecule has 0 bridgehead atoms. The molecule has 0 fully saturated rings. The van der Waals surface area contributed by atoms with E-state index in [0.717, 1.165) is 5.65 Å². The first-order valence-corrected chi connectivity index (χ1v) is 4.12. The SMILES string of the molecule is CC(C)c1ccc[n+]2[nH]cnc12. The molecule has 2 heterocycles. The average molecular weight is 162 g/mol. The second-order valence-electron chi connectivity index (χ2n) is 3.20. The summed E-state index contributed by atoms with van der Waals surface area (Å²) >= 11 is 0. The number of hydrogen-bond donors (Lipinski definition) is 1. The van der Waals surface area contributed by atoms with Crippen LogP contribution in [0.25, 0.3) is 5.65 Å². The molecule has 3 nitrogen and oxygen atoms in total. The minimum absolute atomic E-state index is 0.518. The minimum Gasteiger partial charge on any atom is -0.189 e. The maximum absolute atomic E-state index is 4.25. The van der Waals surface area contributed by atoms with Crippen molar-refractivity contribution in [2.75, 3.05) is 0 Å². The van der Waals surface area contributed by atoms with Gasteiger partial charge in [-0.05, 0) is 23.0 Å². The standard InChI is InChI=1S/C9H11N3/c1-7(2)8-4-3-5-12-9(8)10-6-11-12/h3-7H,1-2H3/p+1. The van der Waals surface area contributed by atoms with Crippen LogP contribution in [0.2, 0.25) is 0 Å². The van der Waals surface area contributed by atoms with Gasteiger partial charge in [-0.3, -0.25) is 0 Å². The van der Waals surface area contributed by atoms with Gasteiger partial charge in [0.25, 0.3) is 0 Å². The summed E-state index contributed by atoms with van der Waals surface area (Å²) in [5, 5.41) is 3.02. The summed E-state index contributed by atoms with van der Waals surface area (Å²) in [5.41, 5.74) is 2.30. The smallest absolute Gasteiger partial charge is 0.189 e. The Kier molecular flexibility index (Phi) is 1.57. The van der Waals surface area contributed by atoms with Gasteiger partial charge in [-0.25, -0.2) is 0 Å². The Balaban J connectivity index is 2.73. The molecule has 2 aromatic heterocycles. The second-order valence-corrected chi connectivity index (χ2v) is 3.20. The fraction of sp³-hybridized carbons (Fsp3) is 0.333. The predicted octanol–water partition coefficient (Wildman–Crippen LogP) is 1.27. The third-order valence-corrected chi connectivity index (χ3v) is 2.00. The van der Waals surface area contributed by atoms with Gasteiger partial charge in [-0.1, -0.05) is 13.8 Å². The molecule has 0 aliphatic rings. The summed E-state index contributed by atoms with van der Waals surface area (Å²) in [4.78, 5) is 4.25. The van der Waals surface area contributed by atoms with Crippen molar-refractivity contribution in [1.82, 2.24) is 10.1 Å². The van der Waals surface area contributed by atoms with E-state index in [1.165, 1.54) is 5.56 Å². The van der Waals surface area contributed by atoms with Gasteiger partial charge in [0.1, 0.15) is 6.20 Å². The summed E-state index contributed by atoms with van der Waals surface area (Å²) in [6, 6.07) is 4.14. The molecule has 0 saturated heterocycles. The highest BCUT2D eigenvalue weighted by molar-refractivity contribution is 5.41. The third kappa shape index (κ3) is 0.978. The van der Waals surface area contributed by atoms with Crippen molar-refractivity contribution in [3.63, 3.8) is 0 Å². The van der Waals surface area contributed by atoms with Gasteiger partial charge >= 0.3 is 5.65 Å². The van der Waals surface area contributed by atoms with Gasteiger partial charge in [-0.2, -0.15) is 5.10 Å². The lowest BCUT2D eigenvalue weighted by atomic mass is 10.1. The first-order valence-electron chi connectivity index (χ1n) is 4.12. The van der Waals surface area contributed by atoms with Crippen molar-refractivity contribution in [2.24, 2.45) is 0 Å². The Morgan fingerprint density at radius 2 is 2.33 bits per heavy atom. The first-order chi connectivity index (χ1) is 5.79. The van der Waals surface area contributed by atoms with Gasteiger partial charge in [0, 0.05) is 0 Å². The van der Waals surface area contributed by atoms with Crippen LogP contribution in [0.3, 0.4) is 0 Å². The zero-order chi connectivity index (χ0) is 8.55. The summed E-state index contributed by atoms with van der Waals surface area (Å²) in [6.07, 6.45) is 3.68. The largest absolute Gasteiger partial charge is 0.351 e. The number of H-pyrrole nitrogens is 1. The molecule has 0 radical (unpaired) electrons. The van der Waals surface area contributed by atoms with Gasteiger partial charge in [0.15, 0.2) is 0 Å². The molecule has 0 atom stereocenters. The molecule has 0 unspecified atom stereocenters. The van der Waals surface area contributed by atoms with Crippen molar-refractivity contribution >= 4 is 5.65 Å². The number of nitrogens with zero attached hydrogens (tertiary/aromatic N) is 2. The van der Waals surface area contributed by atoms with Gasteiger partial charge in [0.05, 0.1) is 5.56 Å². The lowest BCUT2D eigenvalue weighted by Crippen LogP contribution is -2.23. The molecule has 1 N–H and O–H groups in total. The normalized spacial score (nSPS) is 11.2. The lowest BCUT2D eigenvalue weighted by molar-refractivity contribution is -0.577. The number of aromatic nitrogens is 3. The van der Waals surface area contributed by atoms with Crippen LogP contribution in [-0.2, 0) is 0 Å². The molecule has 0 amide bonds. The Hall–Kier alpha value is -1.38. The highest BCUT2D eigenvalue weighted by Crippen LogP contribution is 2.14. The topological polar surface area (TPSA) is 32.8 Å². The first kappa shape index (κ1) is 7.28. The molecular weight excluding hydrogens is 150 g/mol. The van der Waals surface area contributed by atoms with Crippen molar-refractivity contribution in [3.8, 4) is 0 Å². The van der Waals surface area contributed by atoms with E-state index in [-0.39, 0.29) is 0 Å². The number of nitrogens with one attached hydrogen (secondary N) is 1. The van der Waals surface area contributed by atoms with Crippen LogP contribution in [0.1, 0.15) is 25.3 Å². The molecule has 2 aromatic rings. The Morgan fingerprint density at radius 1 is 1.50 bits per heavy atom. The van der Waals surface area contributed by atoms with E-state index in [0.29, 0.717) is 5.92 Å². The molecule has 0 saturated carbocycles. The van der Waals surface area contributed by atoms with Crippen LogP contribution in [-0.4, -0.2) is 10.1 Å². The molecule has 12 heavy (non-hydrogen) atoms. The zero-order valence-corrected chi connectivity index (χ0v) is 7.28. The van der Waals surface area contributed by atoms with Crippen LogP contribution in [0.4, 0.5) is 0 Å². The van der Waals surface area contributed by atoms with E-state index in [1.807, 2.05) is 16.8 Å². The van der Waals surface area contributed by atoms with E-state index in [4.69, 9.17) is 0 Å². The second kappa shape index (κ2) is 2.59. The molecule has 0 aromatic carbocycles. The van der Waals surface area contributed by atoms with Crippen molar-refractivity contribution in [1.29, 1.82) is 0 Å². The van der Waals surface area contributed by atoms with Gasteiger partial charge in [-0.15, -0.1) is 4.52 Å². The Morgan fingerprint density at radius 3 is 3.08 bits per heavy atom. The van der Waals surface area contributed by atoms with Crippen molar-refractivity contribution in [2.45, 2.75) is 19.8 Å². The Bertz CT molecular complexity index is 389. The van der Waals surface area contributed by atoms with E-state index in [9.17, 15) is 0 Å². The quantitative estimate of drug-likeness (QED) is 0.629. The van der Waals surface area contributed by atoms with E-state index < -0.39 is 0 Å². The summed E-state index contributed by atoms with van der Waals surface area (Å²) in [5.74, 6) is 0.518. The number of aromatic amines is 1. The highest BCUT2D eigenvalue weighted by atomic mass is 15.3. The predicted molar refractivity (Wildman–Crippen MR) is 45.8 cm³/mol. The fourth-order valence-corrected chi connectivity index (χ4v) is 1.36. The average Bonchev–Trinajstić information content (AvgIpc) is 2.49. The Labute approximate surface area is 71.1 Å². The molecule has 62 valence electrons. The van der Waals surface area contributed by atoms with Crippen molar-refractivity contribution < 1.29 is 4.52 Å². The van der Waals surface area contributed by atoms with Crippen LogP contribution >= 0.6 is 0 Å². The summed E-state index contributed by atoms with van der Waals surface area (Å²) in [7, 11) is 0. The molecule has 0 spiro atoms. The number of pyridine rings is 1. The van der Waals surface area contributed by atoms with Crippen LogP contribution in [0, 0.1) is 0 Å². The maximum Gasteiger partial charge on any atom is 0.351 e. The number of hydrogen-bond acceptors (Lipinski definition) is 1. The third-order valence-electron chi connectivity index (χ3n) is 2.00. The van der Waals surface area contributed by atoms with E-state index in [2.05, 4.69) is 30.0 Å². The van der Waals surface area contributed by atoms with Crippen LogP contribution in [0.15, 0.2) is 24.7 Å². The van der Waals surface area contributed by atoms with Gasteiger partial charge in [0.2, 0.25) is 6.33 Å². The van der Waals surface area contributed by atoms with Gasteiger partial charge < -0.3 is 0 Å².